The molecule has 0 saturated heterocycles. The van der Waals surface area contributed by atoms with E-state index in [1.807, 2.05) is 6.92 Å². The van der Waals surface area contributed by atoms with Gasteiger partial charge in [0.2, 0.25) is 5.89 Å². The second-order valence-corrected chi connectivity index (χ2v) is 2.27. The molecule has 0 aliphatic heterocycles. The highest BCUT2D eigenvalue weighted by molar-refractivity contribution is 6.16. The first-order chi connectivity index (χ1) is 5.36. The van der Waals surface area contributed by atoms with Crippen LogP contribution in [0.1, 0.15) is 18.5 Å². The van der Waals surface area contributed by atoms with Crippen molar-refractivity contribution in [3.8, 4) is 0 Å². The molecular weight excluding hydrogens is 166 g/mol. The molecule has 1 heterocycles. The molecule has 1 aromatic rings. The van der Waals surface area contributed by atoms with Gasteiger partial charge in [0.1, 0.15) is 12.0 Å². The number of nitrogens with zero attached hydrogens (tertiary/aromatic N) is 1. The topological polar surface area (TPSA) is 35.3 Å². The van der Waals surface area contributed by atoms with Crippen molar-refractivity contribution >= 4 is 11.6 Å². The fourth-order valence-corrected chi connectivity index (χ4v) is 0.806. The van der Waals surface area contributed by atoms with E-state index in [4.69, 9.17) is 20.8 Å². The number of alkyl halides is 1. The molecule has 0 aliphatic carbocycles. The Kier molecular flexibility index (Phi) is 3.39. The van der Waals surface area contributed by atoms with Crippen molar-refractivity contribution in [3.05, 3.63) is 17.8 Å². The minimum Gasteiger partial charge on any atom is -0.447 e. The number of ether oxygens (including phenoxy) is 1. The predicted octanol–water partition coefficient (Wildman–Crippen LogP) is 1.95. The zero-order valence-corrected chi connectivity index (χ0v) is 7.10. The van der Waals surface area contributed by atoms with Gasteiger partial charge < -0.3 is 9.15 Å². The number of halogens is 1. The molecule has 0 unspecified atom stereocenters. The first kappa shape index (κ1) is 8.56. The zero-order chi connectivity index (χ0) is 8.10. The lowest BCUT2D eigenvalue weighted by atomic mass is 10.5. The Morgan fingerprint density at radius 1 is 1.73 bits per heavy atom. The summed E-state index contributed by atoms with van der Waals surface area (Å²) in [5, 5.41) is 0. The second kappa shape index (κ2) is 4.36. The van der Waals surface area contributed by atoms with Gasteiger partial charge in [-0.05, 0) is 6.92 Å². The van der Waals surface area contributed by atoms with Gasteiger partial charge in [0.15, 0.2) is 0 Å². The van der Waals surface area contributed by atoms with E-state index < -0.39 is 0 Å². The Hall–Kier alpha value is -0.540. The van der Waals surface area contributed by atoms with E-state index in [9.17, 15) is 0 Å². The van der Waals surface area contributed by atoms with Gasteiger partial charge in [-0.25, -0.2) is 4.98 Å². The largest absolute Gasteiger partial charge is 0.447 e. The van der Waals surface area contributed by atoms with E-state index in [1.54, 1.807) is 6.26 Å². The fraction of sp³-hybridized carbons (Fsp3) is 0.571. The molecule has 0 spiro atoms. The zero-order valence-electron chi connectivity index (χ0n) is 6.34. The third-order valence-electron chi connectivity index (χ3n) is 1.17. The summed E-state index contributed by atoms with van der Waals surface area (Å²) in [6.45, 7) is 3.11. The molecule has 0 fully saturated rings. The van der Waals surface area contributed by atoms with Crippen molar-refractivity contribution in [2.24, 2.45) is 0 Å². The normalized spacial score (nSPS) is 10.4. The van der Waals surface area contributed by atoms with Gasteiger partial charge in [-0.1, -0.05) is 0 Å². The second-order valence-electron chi connectivity index (χ2n) is 2.00. The van der Waals surface area contributed by atoms with Gasteiger partial charge in [-0.3, -0.25) is 0 Å². The maximum absolute atomic E-state index is 5.48. The highest BCUT2D eigenvalue weighted by atomic mass is 35.5. The van der Waals surface area contributed by atoms with Crippen molar-refractivity contribution < 1.29 is 9.15 Å². The van der Waals surface area contributed by atoms with Crippen LogP contribution in [0.4, 0.5) is 0 Å². The van der Waals surface area contributed by atoms with Crippen LogP contribution >= 0.6 is 11.6 Å². The Bertz CT molecular complexity index is 212. The summed E-state index contributed by atoms with van der Waals surface area (Å²) >= 11 is 5.48. The quantitative estimate of drug-likeness (QED) is 0.657. The Morgan fingerprint density at radius 3 is 3.09 bits per heavy atom. The van der Waals surface area contributed by atoms with Crippen molar-refractivity contribution in [3.63, 3.8) is 0 Å². The molecule has 0 saturated carbocycles. The molecule has 4 heteroatoms. The number of rotatable bonds is 4. The molecule has 0 atom stereocenters. The molecule has 11 heavy (non-hydrogen) atoms. The van der Waals surface area contributed by atoms with Crippen molar-refractivity contribution in [1.82, 2.24) is 4.98 Å². The van der Waals surface area contributed by atoms with E-state index >= 15 is 0 Å². The number of hydrogen-bond acceptors (Lipinski definition) is 3. The molecule has 3 nitrogen and oxygen atoms in total. The lowest BCUT2D eigenvalue weighted by Gasteiger charge is -1.93. The van der Waals surface area contributed by atoms with Crippen LogP contribution < -0.4 is 0 Å². The molecule has 62 valence electrons. The van der Waals surface area contributed by atoms with Gasteiger partial charge in [-0.2, -0.15) is 0 Å². The van der Waals surface area contributed by atoms with Crippen LogP contribution in [0.2, 0.25) is 0 Å². The van der Waals surface area contributed by atoms with Crippen LogP contribution in [0.5, 0.6) is 0 Å². The molecule has 1 rings (SSSR count). The number of aromatic nitrogens is 1. The molecule has 0 N–H and O–H groups in total. The van der Waals surface area contributed by atoms with E-state index in [0.29, 0.717) is 25.0 Å². The molecular formula is C7H10ClNO2. The van der Waals surface area contributed by atoms with Crippen LogP contribution in [-0.2, 0) is 17.2 Å². The summed E-state index contributed by atoms with van der Waals surface area (Å²) in [6.07, 6.45) is 1.56. The van der Waals surface area contributed by atoms with Crippen molar-refractivity contribution in [2.75, 3.05) is 6.61 Å². The standard InChI is InChI=1S/C7H10ClNO2/c1-2-10-4-6-5-11-7(3-8)9-6/h5H,2-4H2,1H3. The third-order valence-corrected chi connectivity index (χ3v) is 1.40. The summed E-state index contributed by atoms with van der Waals surface area (Å²) in [5.74, 6) is 0.855. The minimum atomic E-state index is 0.312. The first-order valence-electron chi connectivity index (χ1n) is 3.43. The summed E-state index contributed by atoms with van der Waals surface area (Å²) in [5.41, 5.74) is 0.794. The smallest absolute Gasteiger partial charge is 0.209 e. The molecule has 1 aromatic heterocycles. The van der Waals surface area contributed by atoms with E-state index in [1.165, 1.54) is 0 Å². The average Bonchev–Trinajstić information content (AvgIpc) is 2.48. The van der Waals surface area contributed by atoms with E-state index in [-0.39, 0.29) is 0 Å². The van der Waals surface area contributed by atoms with Gasteiger partial charge in [0, 0.05) is 6.61 Å². The van der Waals surface area contributed by atoms with Crippen LogP contribution in [0.15, 0.2) is 10.7 Å². The summed E-state index contributed by atoms with van der Waals surface area (Å²) in [7, 11) is 0. The number of hydrogen-bond donors (Lipinski definition) is 0. The third kappa shape index (κ3) is 2.52. The van der Waals surface area contributed by atoms with Crippen molar-refractivity contribution in [2.45, 2.75) is 19.4 Å². The maximum atomic E-state index is 5.48. The van der Waals surface area contributed by atoms with Crippen LogP contribution in [0.3, 0.4) is 0 Å². The Balaban J connectivity index is 2.44. The fourth-order valence-electron chi connectivity index (χ4n) is 0.683. The summed E-state index contributed by atoms with van der Waals surface area (Å²) < 4.78 is 10.1. The Labute approximate surface area is 70.3 Å². The average molecular weight is 176 g/mol. The molecule has 0 amide bonds. The first-order valence-corrected chi connectivity index (χ1v) is 3.97. The van der Waals surface area contributed by atoms with Gasteiger partial charge in [0.05, 0.1) is 12.5 Å². The molecule has 0 aromatic carbocycles. The predicted molar refractivity (Wildman–Crippen MR) is 41.4 cm³/mol. The van der Waals surface area contributed by atoms with Crippen LogP contribution in [-0.4, -0.2) is 11.6 Å². The molecule has 0 aliphatic rings. The van der Waals surface area contributed by atoms with Gasteiger partial charge in [-0.15, -0.1) is 11.6 Å². The lowest BCUT2D eigenvalue weighted by Crippen LogP contribution is -1.91. The summed E-state index contributed by atoms with van der Waals surface area (Å²) in [6, 6.07) is 0. The van der Waals surface area contributed by atoms with Gasteiger partial charge >= 0.3 is 0 Å². The van der Waals surface area contributed by atoms with Crippen LogP contribution in [0, 0.1) is 0 Å². The summed E-state index contributed by atoms with van der Waals surface area (Å²) in [4.78, 5) is 4.04. The van der Waals surface area contributed by atoms with Gasteiger partial charge in [0.25, 0.3) is 0 Å². The van der Waals surface area contributed by atoms with E-state index in [0.717, 1.165) is 5.69 Å². The monoisotopic (exact) mass is 175 g/mol. The highest BCUT2D eigenvalue weighted by Gasteiger charge is 2.00. The van der Waals surface area contributed by atoms with Crippen molar-refractivity contribution in [1.29, 1.82) is 0 Å². The lowest BCUT2D eigenvalue weighted by molar-refractivity contribution is 0.131. The minimum absolute atomic E-state index is 0.312. The molecule has 0 radical (unpaired) electrons. The number of oxazole rings is 1. The highest BCUT2D eigenvalue weighted by Crippen LogP contribution is 2.05. The molecule has 0 bridgehead atoms. The van der Waals surface area contributed by atoms with E-state index in [2.05, 4.69) is 4.98 Å². The van der Waals surface area contributed by atoms with Crippen LogP contribution in [0.25, 0.3) is 0 Å². The SMILES string of the molecule is CCOCc1coc(CCl)n1. The maximum Gasteiger partial charge on any atom is 0.209 e. The Morgan fingerprint density at radius 2 is 2.55 bits per heavy atom.